The van der Waals surface area contributed by atoms with E-state index in [0.717, 1.165) is 21.1 Å². The number of thiophene rings is 1. The molecule has 0 atom stereocenters. The number of rotatable bonds is 3. The largest absolute Gasteiger partial charge is 0.334 e. The van der Waals surface area contributed by atoms with Crippen molar-refractivity contribution in [1.29, 1.82) is 0 Å². The summed E-state index contributed by atoms with van der Waals surface area (Å²) in [5, 5.41) is 12.5. The van der Waals surface area contributed by atoms with E-state index in [9.17, 15) is 9.59 Å². The molecular weight excluding hydrogens is 276 g/mol. The summed E-state index contributed by atoms with van der Waals surface area (Å²) in [7, 11) is 0. The predicted molar refractivity (Wildman–Crippen MR) is 79.2 cm³/mol. The molecule has 0 saturated heterocycles. The first-order valence-electron chi connectivity index (χ1n) is 6.13. The zero-order valence-electron chi connectivity index (χ0n) is 11.5. The van der Waals surface area contributed by atoms with Gasteiger partial charge in [0.15, 0.2) is 0 Å². The summed E-state index contributed by atoms with van der Waals surface area (Å²) in [6, 6.07) is 3.44. The number of hydrogen-bond donors (Lipinski definition) is 3. The second-order valence-corrected chi connectivity index (χ2v) is 5.75. The molecule has 0 saturated carbocycles. The Morgan fingerprint density at radius 3 is 2.75 bits per heavy atom. The fourth-order valence-electron chi connectivity index (χ4n) is 1.71. The summed E-state index contributed by atoms with van der Waals surface area (Å²) >= 11 is 1.50. The summed E-state index contributed by atoms with van der Waals surface area (Å²) in [5.41, 5.74) is 1.78. The maximum atomic E-state index is 11.8. The minimum atomic E-state index is -0.333. The van der Waals surface area contributed by atoms with Crippen molar-refractivity contribution in [1.82, 2.24) is 15.5 Å². The van der Waals surface area contributed by atoms with E-state index in [0.29, 0.717) is 5.56 Å². The number of nitrogens with zero attached hydrogens (tertiary/aromatic N) is 1. The Balaban J connectivity index is 2.00. The smallest absolute Gasteiger partial charge is 0.320 e. The van der Waals surface area contributed by atoms with Crippen LogP contribution in [-0.4, -0.2) is 16.2 Å². The molecule has 2 rings (SSSR count). The number of hydrogen-bond acceptors (Lipinski definition) is 4. The van der Waals surface area contributed by atoms with Crippen LogP contribution in [-0.2, 0) is 6.54 Å². The molecule has 2 aromatic heterocycles. The molecule has 0 bridgehead atoms. The van der Waals surface area contributed by atoms with Crippen LogP contribution < -0.4 is 16.2 Å². The van der Waals surface area contributed by atoms with Crippen LogP contribution >= 0.6 is 11.3 Å². The molecule has 0 unspecified atom stereocenters. The third kappa shape index (κ3) is 3.24. The van der Waals surface area contributed by atoms with Crippen molar-refractivity contribution in [3.63, 3.8) is 0 Å². The van der Waals surface area contributed by atoms with E-state index in [1.54, 1.807) is 0 Å². The molecule has 0 radical (unpaired) electrons. The monoisotopic (exact) mass is 292 g/mol. The average molecular weight is 292 g/mol. The highest BCUT2D eigenvalue weighted by Crippen LogP contribution is 2.20. The minimum absolute atomic E-state index is 0.167. The molecule has 2 amide bonds. The van der Waals surface area contributed by atoms with Crippen LogP contribution in [0.3, 0.4) is 0 Å². The van der Waals surface area contributed by atoms with Gasteiger partial charge in [0.05, 0.1) is 17.2 Å². The van der Waals surface area contributed by atoms with Gasteiger partial charge in [0.2, 0.25) is 0 Å². The summed E-state index contributed by atoms with van der Waals surface area (Å²) in [6.07, 6.45) is 0. The summed E-state index contributed by atoms with van der Waals surface area (Å²) < 4.78 is 0. The van der Waals surface area contributed by atoms with Gasteiger partial charge in [0, 0.05) is 10.4 Å². The van der Waals surface area contributed by atoms with Gasteiger partial charge < -0.3 is 5.32 Å². The molecule has 7 heteroatoms. The van der Waals surface area contributed by atoms with Gasteiger partial charge in [-0.25, -0.2) is 9.89 Å². The topological polar surface area (TPSA) is 86.9 Å². The molecular formula is C13H16N4O2S. The zero-order valence-corrected chi connectivity index (χ0v) is 12.4. The first-order valence-corrected chi connectivity index (χ1v) is 6.95. The minimum Gasteiger partial charge on any atom is -0.334 e. The molecule has 0 spiro atoms. The molecule has 3 N–H and O–H groups in total. The molecule has 0 aliphatic heterocycles. The summed E-state index contributed by atoms with van der Waals surface area (Å²) in [4.78, 5) is 24.6. The molecule has 0 aliphatic rings. The molecule has 0 aliphatic carbocycles. The number of aromatic nitrogens is 2. The van der Waals surface area contributed by atoms with Gasteiger partial charge >= 0.3 is 6.03 Å². The van der Waals surface area contributed by atoms with E-state index in [2.05, 4.69) is 20.8 Å². The fraction of sp³-hybridized carbons (Fsp3) is 0.308. The van der Waals surface area contributed by atoms with E-state index in [4.69, 9.17) is 0 Å². The van der Waals surface area contributed by atoms with Gasteiger partial charge in [0.1, 0.15) is 0 Å². The summed E-state index contributed by atoms with van der Waals surface area (Å²) in [5.74, 6) is 0. The maximum absolute atomic E-state index is 11.8. The Morgan fingerprint density at radius 2 is 2.10 bits per heavy atom. The lowest BCUT2D eigenvalue weighted by atomic mass is 10.1. The van der Waals surface area contributed by atoms with Crippen LogP contribution in [0, 0.1) is 20.8 Å². The number of amides is 2. The molecule has 6 nitrogen and oxygen atoms in total. The number of carbonyl (C=O) groups excluding carboxylic acids is 1. The van der Waals surface area contributed by atoms with Crippen molar-refractivity contribution >= 4 is 22.4 Å². The van der Waals surface area contributed by atoms with Crippen molar-refractivity contribution in [2.24, 2.45) is 0 Å². The van der Waals surface area contributed by atoms with E-state index in [1.165, 1.54) is 11.3 Å². The van der Waals surface area contributed by atoms with Gasteiger partial charge in [-0.05, 0) is 38.5 Å². The van der Waals surface area contributed by atoms with Crippen LogP contribution in [0.1, 0.15) is 21.7 Å². The van der Waals surface area contributed by atoms with Crippen molar-refractivity contribution in [3.05, 3.63) is 44.2 Å². The molecule has 2 aromatic rings. The van der Waals surface area contributed by atoms with Crippen molar-refractivity contribution in [3.8, 4) is 0 Å². The van der Waals surface area contributed by atoms with Crippen molar-refractivity contribution in [2.75, 3.05) is 5.32 Å². The Labute approximate surface area is 120 Å². The number of nitrogens with one attached hydrogen (secondary N) is 3. The van der Waals surface area contributed by atoms with Crippen LogP contribution in [0.5, 0.6) is 0 Å². The SMILES string of the molecule is Cc1ccc(NC(=O)NCc2c(C)c(C)n[nH]c2=O)s1. The number of H-pyrrole nitrogens is 1. The average Bonchev–Trinajstić information content (AvgIpc) is 2.79. The van der Waals surface area contributed by atoms with Gasteiger partial charge in [-0.3, -0.25) is 10.1 Å². The van der Waals surface area contributed by atoms with Crippen LogP contribution in [0.15, 0.2) is 16.9 Å². The van der Waals surface area contributed by atoms with E-state index in [-0.39, 0.29) is 18.1 Å². The summed E-state index contributed by atoms with van der Waals surface area (Å²) in [6.45, 7) is 5.76. The predicted octanol–water partition coefficient (Wildman–Crippen LogP) is 2.08. The molecule has 0 fully saturated rings. The molecule has 20 heavy (non-hydrogen) atoms. The number of carbonyl (C=O) groups is 1. The maximum Gasteiger partial charge on any atom is 0.320 e. The van der Waals surface area contributed by atoms with Gasteiger partial charge in [-0.2, -0.15) is 5.10 Å². The highest BCUT2D eigenvalue weighted by molar-refractivity contribution is 7.16. The number of anilines is 1. The Kier molecular flexibility index (Phi) is 4.19. The normalized spacial score (nSPS) is 10.3. The van der Waals surface area contributed by atoms with Crippen LogP contribution in [0.2, 0.25) is 0 Å². The highest BCUT2D eigenvalue weighted by Gasteiger charge is 2.09. The third-order valence-electron chi connectivity index (χ3n) is 3.00. The van der Waals surface area contributed by atoms with E-state index < -0.39 is 0 Å². The Bertz CT molecular complexity index is 690. The van der Waals surface area contributed by atoms with Gasteiger partial charge in [-0.15, -0.1) is 11.3 Å². The molecule has 106 valence electrons. The zero-order chi connectivity index (χ0) is 14.7. The quantitative estimate of drug-likeness (QED) is 0.809. The molecule has 0 aromatic carbocycles. The lowest BCUT2D eigenvalue weighted by Gasteiger charge is -2.08. The fourth-order valence-corrected chi connectivity index (χ4v) is 2.48. The number of aromatic amines is 1. The van der Waals surface area contributed by atoms with Gasteiger partial charge in [-0.1, -0.05) is 0 Å². The number of aryl methyl sites for hydroxylation is 2. The van der Waals surface area contributed by atoms with Crippen LogP contribution in [0.4, 0.5) is 9.80 Å². The van der Waals surface area contributed by atoms with Crippen LogP contribution in [0.25, 0.3) is 0 Å². The first kappa shape index (κ1) is 14.3. The van der Waals surface area contributed by atoms with E-state index in [1.807, 2.05) is 32.9 Å². The van der Waals surface area contributed by atoms with E-state index >= 15 is 0 Å². The third-order valence-corrected chi connectivity index (χ3v) is 3.91. The van der Waals surface area contributed by atoms with Crippen molar-refractivity contribution in [2.45, 2.75) is 27.3 Å². The lowest BCUT2D eigenvalue weighted by molar-refractivity contribution is 0.251. The Morgan fingerprint density at radius 1 is 1.35 bits per heavy atom. The number of urea groups is 1. The molecule has 2 heterocycles. The lowest BCUT2D eigenvalue weighted by Crippen LogP contribution is -2.31. The highest BCUT2D eigenvalue weighted by atomic mass is 32.1. The van der Waals surface area contributed by atoms with Crippen molar-refractivity contribution < 1.29 is 4.79 Å². The first-order chi connectivity index (χ1) is 9.47. The van der Waals surface area contributed by atoms with Gasteiger partial charge in [0.25, 0.3) is 5.56 Å². The second-order valence-electron chi connectivity index (χ2n) is 4.46. The standard InChI is InChI=1S/C13H16N4O2S/c1-7-4-5-11(20-7)15-13(19)14-6-10-8(2)9(3)16-17-12(10)18/h4-5H,6H2,1-3H3,(H,17,18)(H2,14,15,19). The second kappa shape index (κ2) is 5.87. The Hall–Kier alpha value is -2.15.